The molecule has 0 aliphatic heterocycles. The van der Waals surface area contributed by atoms with E-state index in [-0.39, 0.29) is 17.8 Å². The lowest BCUT2D eigenvalue weighted by Crippen LogP contribution is -2.30. The second kappa shape index (κ2) is 7.08. The molecule has 2 rings (SSSR count). The van der Waals surface area contributed by atoms with Crippen molar-refractivity contribution in [2.45, 2.75) is 47.0 Å². The largest absolute Gasteiger partial charge is 0.442 e. The third kappa shape index (κ3) is 3.37. The van der Waals surface area contributed by atoms with Gasteiger partial charge in [0.2, 0.25) is 5.71 Å². The van der Waals surface area contributed by atoms with E-state index in [2.05, 4.69) is 29.1 Å². The number of nitrogens with zero attached hydrogens (tertiary/aromatic N) is 2. The number of aryl methyl sites for hydroxylation is 1. The molecule has 2 heterocycles. The molecule has 0 aromatic carbocycles. The first-order chi connectivity index (χ1) is 11.0. The van der Waals surface area contributed by atoms with Crippen LogP contribution in [0.25, 0.3) is 11.1 Å². The van der Waals surface area contributed by atoms with Gasteiger partial charge in [-0.05, 0) is 38.5 Å². The fraction of sp³-hybridized carbons (Fsp3) is 0.588. The standard InChI is InChI=1S/C17H25N3O3/c1-5-17(6-2,7-8-21)9-18-15-14-13(11(3)22)12(4)23-16(14)20-10-19-15/h10,21H,5-9H2,1-4H3,(H,18,19,20). The van der Waals surface area contributed by atoms with E-state index in [1.807, 2.05) is 0 Å². The van der Waals surface area contributed by atoms with Gasteiger partial charge in [-0.25, -0.2) is 9.97 Å². The van der Waals surface area contributed by atoms with Crippen molar-refractivity contribution >= 4 is 22.7 Å². The molecular formula is C17H25N3O3. The Balaban J connectivity index is 2.38. The molecule has 6 nitrogen and oxygen atoms in total. The first kappa shape index (κ1) is 17.4. The Morgan fingerprint density at radius 3 is 2.61 bits per heavy atom. The van der Waals surface area contributed by atoms with Crippen LogP contribution in [-0.4, -0.2) is 34.0 Å². The number of aliphatic hydroxyl groups is 1. The molecule has 2 N–H and O–H groups in total. The van der Waals surface area contributed by atoms with E-state index in [1.165, 1.54) is 13.3 Å². The normalized spacial score (nSPS) is 11.9. The number of rotatable bonds is 8. The van der Waals surface area contributed by atoms with Gasteiger partial charge < -0.3 is 14.8 Å². The maximum atomic E-state index is 11.9. The van der Waals surface area contributed by atoms with E-state index in [4.69, 9.17) is 4.42 Å². The van der Waals surface area contributed by atoms with Gasteiger partial charge in [0.15, 0.2) is 5.78 Å². The third-order valence-electron chi connectivity index (χ3n) is 4.79. The number of ketones is 1. The van der Waals surface area contributed by atoms with E-state index in [0.29, 0.717) is 34.8 Å². The van der Waals surface area contributed by atoms with Crippen molar-refractivity contribution in [1.82, 2.24) is 9.97 Å². The van der Waals surface area contributed by atoms with Crippen LogP contribution in [0.15, 0.2) is 10.7 Å². The zero-order valence-electron chi connectivity index (χ0n) is 14.3. The zero-order chi connectivity index (χ0) is 17.0. The number of aliphatic hydroxyl groups excluding tert-OH is 1. The van der Waals surface area contributed by atoms with E-state index >= 15 is 0 Å². The Bertz CT molecular complexity index is 690. The number of anilines is 1. The summed E-state index contributed by atoms with van der Waals surface area (Å²) in [6.45, 7) is 8.36. The smallest absolute Gasteiger partial charge is 0.232 e. The van der Waals surface area contributed by atoms with Crippen molar-refractivity contribution in [3.8, 4) is 0 Å². The Morgan fingerprint density at radius 2 is 2.04 bits per heavy atom. The minimum absolute atomic E-state index is 0.00118. The molecule has 6 heteroatoms. The minimum atomic E-state index is -0.0632. The Hall–Kier alpha value is -1.95. The van der Waals surface area contributed by atoms with Gasteiger partial charge in [0, 0.05) is 13.2 Å². The highest BCUT2D eigenvalue weighted by molar-refractivity contribution is 6.09. The van der Waals surface area contributed by atoms with Crippen molar-refractivity contribution < 1.29 is 14.3 Å². The van der Waals surface area contributed by atoms with Gasteiger partial charge in [-0.2, -0.15) is 0 Å². The molecule has 0 unspecified atom stereocenters. The highest BCUT2D eigenvalue weighted by atomic mass is 16.3. The number of furan rings is 1. The summed E-state index contributed by atoms with van der Waals surface area (Å²) in [7, 11) is 0. The first-order valence-electron chi connectivity index (χ1n) is 8.07. The van der Waals surface area contributed by atoms with E-state index < -0.39 is 0 Å². The number of aromatic nitrogens is 2. The lowest BCUT2D eigenvalue weighted by molar-refractivity contribution is 0.101. The summed E-state index contributed by atoms with van der Waals surface area (Å²) < 4.78 is 5.58. The van der Waals surface area contributed by atoms with Crippen LogP contribution in [0.1, 0.15) is 56.2 Å². The number of nitrogens with one attached hydrogen (secondary N) is 1. The van der Waals surface area contributed by atoms with Crippen LogP contribution in [0.3, 0.4) is 0 Å². The van der Waals surface area contributed by atoms with E-state index in [9.17, 15) is 9.90 Å². The lowest BCUT2D eigenvalue weighted by atomic mass is 9.79. The van der Waals surface area contributed by atoms with Crippen LogP contribution in [0.4, 0.5) is 5.82 Å². The average molecular weight is 319 g/mol. The van der Waals surface area contributed by atoms with Crippen molar-refractivity contribution in [2.75, 3.05) is 18.5 Å². The quantitative estimate of drug-likeness (QED) is 0.726. The number of fused-ring (bicyclic) bond motifs is 1. The second-order valence-electron chi connectivity index (χ2n) is 6.03. The molecule has 0 amide bonds. The minimum Gasteiger partial charge on any atom is -0.442 e. The molecule has 0 bridgehead atoms. The van der Waals surface area contributed by atoms with Crippen LogP contribution in [0, 0.1) is 12.3 Å². The maximum Gasteiger partial charge on any atom is 0.232 e. The van der Waals surface area contributed by atoms with Crippen LogP contribution in [0.2, 0.25) is 0 Å². The van der Waals surface area contributed by atoms with Crippen LogP contribution >= 0.6 is 0 Å². The zero-order valence-corrected chi connectivity index (χ0v) is 14.3. The Labute approximate surface area is 136 Å². The highest BCUT2D eigenvalue weighted by Crippen LogP contribution is 2.33. The predicted molar refractivity (Wildman–Crippen MR) is 89.8 cm³/mol. The van der Waals surface area contributed by atoms with Crippen LogP contribution < -0.4 is 5.32 Å². The van der Waals surface area contributed by atoms with E-state index in [1.54, 1.807) is 6.92 Å². The summed E-state index contributed by atoms with van der Waals surface area (Å²) in [6.07, 6.45) is 4.07. The summed E-state index contributed by atoms with van der Waals surface area (Å²) in [5, 5.41) is 13.3. The molecule has 0 saturated heterocycles. The SMILES string of the molecule is CCC(CC)(CCO)CNc1ncnc2oc(C)c(C(C)=O)c12. The van der Waals surface area contributed by atoms with Crippen molar-refractivity contribution in [1.29, 1.82) is 0 Å². The maximum absolute atomic E-state index is 11.9. The molecule has 0 radical (unpaired) electrons. The van der Waals surface area contributed by atoms with Gasteiger partial charge in [-0.1, -0.05) is 13.8 Å². The molecule has 0 aliphatic carbocycles. The van der Waals surface area contributed by atoms with Gasteiger partial charge in [-0.15, -0.1) is 0 Å². The molecular weight excluding hydrogens is 294 g/mol. The van der Waals surface area contributed by atoms with Gasteiger partial charge in [0.1, 0.15) is 17.9 Å². The highest BCUT2D eigenvalue weighted by Gasteiger charge is 2.27. The van der Waals surface area contributed by atoms with E-state index in [0.717, 1.165) is 19.3 Å². The average Bonchev–Trinajstić information content (AvgIpc) is 2.88. The fourth-order valence-electron chi connectivity index (χ4n) is 3.05. The summed E-state index contributed by atoms with van der Waals surface area (Å²) in [6, 6.07) is 0. The predicted octanol–water partition coefficient (Wildman–Crippen LogP) is 3.33. The summed E-state index contributed by atoms with van der Waals surface area (Å²) in [5.74, 6) is 1.11. The Kier molecular flexibility index (Phi) is 5.36. The van der Waals surface area contributed by atoms with Gasteiger partial charge in [0.25, 0.3) is 0 Å². The molecule has 23 heavy (non-hydrogen) atoms. The number of Topliss-reactive ketones (excluding diaryl/α,β-unsaturated/α-hetero) is 1. The molecule has 126 valence electrons. The monoisotopic (exact) mass is 319 g/mol. The molecule has 0 spiro atoms. The first-order valence-corrected chi connectivity index (χ1v) is 8.07. The van der Waals surface area contributed by atoms with Crippen molar-refractivity contribution in [3.05, 3.63) is 17.7 Å². The summed E-state index contributed by atoms with van der Waals surface area (Å²) in [5.41, 5.74) is 0.955. The summed E-state index contributed by atoms with van der Waals surface area (Å²) in [4.78, 5) is 20.3. The van der Waals surface area contributed by atoms with Crippen LogP contribution in [-0.2, 0) is 0 Å². The lowest BCUT2D eigenvalue weighted by Gasteiger charge is -2.31. The summed E-state index contributed by atoms with van der Waals surface area (Å²) >= 11 is 0. The topological polar surface area (TPSA) is 88.2 Å². The number of hydrogen-bond acceptors (Lipinski definition) is 6. The van der Waals surface area contributed by atoms with Gasteiger partial charge in [-0.3, -0.25) is 4.79 Å². The fourth-order valence-corrected chi connectivity index (χ4v) is 3.05. The number of hydrogen-bond donors (Lipinski definition) is 2. The van der Waals surface area contributed by atoms with Crippen LogP contribution in [0.5, 0.6) is 0 Å². The third-order valence-corrected chi connectivity index (χ3v) is 4.79. The molecule has 0 atom stereocenters. The molecule has 2 aromatic rings. The Morgan fingerprint density at radius 1 is 1.35 bits per heavy atom. The van der Waals surface area contributed by atoms with Crippen molar-refractivity contribution in [3.63, 3.8) is 0 Å². The number of carbonyl (C=O) groups is 1. The number of carbonyl (C=O) groups excluding carboxylic acids is 1. The molecule has 0 aliphatic rings. The molecule has 2 aromatic heterocycles. The molecule has 0 saturated carbocycles. The molecule has 0 fully saturated rings. The van der Waals surface area contributed by atoms with Gasteiger partial charge in [0.05, 0.1) is 10.9 Å². The van der Waals surface area contributed by atoms with Crippen molar-refractivity contribution in [2.24, 2.45) is 5.41 Å². The van der Waals surface area contributed by atoms with Gasteiger partial charge >= 0.3 is 0 Å². The second-order valence-corrected chi connectivity index (χ2v) is 6.03.